The molecule has 0 heterocycles. The van der Waals surface area contributed by atoms with Crippen LogP contribution in [0.2, 0.25) is 0 Å². The van der Waals surface area contributed by atoms with Crippen molar-refractivity contribution in [1.82, 2.24) is 0 Å². The first-order valence-electron chi connectivity index (χ1n) is 4.68. The van der Waals surface area contributed by atoms with Gasteiger partial charge >= 0.3 is 0 Å². The Bertz CT molecular complexity index is 397. The van der Waals surface area contributed by atoms with E-state index < -0.39 is 0 Å². The van der Waals surface area contributed by atoms with E-state index in [1.54, 1.807) is 18.2 Å². The van der Waals surface area contributed by atoms with Gasteiger partial charge in [0.2, 0.25) is 0 Å². The summed E-state index contributed by atoms with van der Waals surface area (Å²) >= 11 is 0. The van der Waals surface area contributed by atoms with E-state index in [0.29, 0.717) is 23.6 Å². The molecule has 0 atom stereocenters. The molecule has 1 rings (SSSR count). The van der Waals surface area contributed by atoms with E-state index >= 15 is 0 Å². The molecule has 15 heavy (non-hydrogen) atoms. The summed E-state index contributed by atoms with van der Waals surface area (Å²) in [5.41, 5.74) is 7.73. The van der Waals surface area contributed by atoms with Crippen LogP contribution in [0.5, 0.6) is 5.75 Å². The Kier molecular flexibility index (Phi) is 3.50. The maximum Gasteiger partial charge on any atom is 0.159 e. The van der Waals surface area contributed by atoms with Gasteiger partial charge in [-0.3, -0.25) is 4.79 Å². The Morgan fingerprint density at radius 3 is 2.60 bits per heavy atom. The number of hydrogen-bond donors (Lipinski definition) is 1. The third kappa shape index (κ3) is 3.13. The zero-order valence-electron chi connectivity index (χ0n) is 9.04. The second kappa shape index (κ2) is 4.64. The van der Waals surface area contributed by atoms with Crippen LogP contribution < -0.4 is 10.5 Å². The molecule has 0 bridgehead atoms. The molecule has 1 aromatic carbocycles. The van der Waals surface area contributed by atoms with E-state index in [-0.39, 0.29) is 5.78 Å². The van der Waals surface area contributed by atoms with Gasteiger partial charge in [0.1, 0.15) is 12.4 Å². The molecule has 80 valence electrons. The first-order valence-corrected chi connectivity index (χ1v) is 4.68. The van der Waals surface area contributed by atoms with Crippen LogP contribution in [0.25, 0.3) is 0 Å². The Morgan fingerprint density at radius 2 is 2.13 bits per heavy atom. The first-order chi connectivity index (χ1) is 7.00. The summed E-state index contributed by atoms with van der Waals surface area (Å²) in [5, 5.41) is 0. The van der Waals surface area contributed by atoms with Crippen molar-refractivity contribution >= 4 is 11.5 Å². The van der Waals surface area contributed by atoms with Gasteiger partial charge in [-0.1, -0.05) is 6.58 Å². The highest BCUT2D eigenvalue weighted by molar-refractivity contribution is 5.95. The van der Waals surface area contributed by atoms with Gasteiger partial charge in [-0.05, 0) is 37.6 Å². The van der Waals surface area contributed by atoms with Gasteiger partial charge in [0.25, 0.3) is 0 Å². The van der Waals surface area contributed by atoms with Crippen LogP contribution in [0, 0.1) is 0 Å². The maximum atomic E-state index is 11.1. The largest absolute Gasteiger partial charge is 0.487 e. The van der Waals surface area contributed by atoms with Crippen LogP contribution in [-0.2, 0) is 0 Å². The van der Waals surface area contributed by atoms with Crippen molar-refractivity contribution in [3.05, 3.63) is 35.9 Å². The lowest BCUT2D eigenvalue weighted by Crippen LogP contribution is -2.02. The second-order valence-electron chi connectivity index (χ2n) is 3.55. The summed E-state index contributed by atoms with van der Waals surface area (Å²) in [7, 11) is 0. The van der Waals surface area contributed by atoms with Gasteiger partial charge in [-0.15, -0.1) is 0 Å². The number of rotatable bonds is 4. The zero-order valence-corrected chi connectivity index (χ0v) is 9.04. The predicted octanol–water partition coefficient (Wildman–Crippen LogP) is 2.43. The highest BCUT2D eigenvalue weighted by Crippen LogP contribution is 2.23. The van der Waals surface area contributed by atoms with Crippen LogP contribution in [0.3, 0.4) is 0 Å². The van der Waals surface area contributed by atoms with Gasteiger partial charge in [0.15, 0.2) is 5.78 Å². The van der Waals surface area contributed by atoms with Gasteiger partial charge in [0, 0.05) is 5.56 Å². The van der Waals surface area contributed by atoms with Crippen LogP contribution >= 0.6 is 0 Å². The quantitative estimate of drug-likeness (QED) is 0.466. The number of nitrogen functional groups attached to an aromatic ring is 1. The van der Waals surface area contributed by atoms with Gasteiger partial charge in [-0.25, -0.2) is 0 Å². The molecule has 0 fully saturated rings. The van der Waals surface area contributed by atoms with Crippen molar-refractivity contribution in [3.8, 4) is 5.75 Å². The number of hydrogen-bond acceptors (Lipinski definition) is 3. The molecule has 0 aliphatic heterocycles. The smallest absolute Gasteiger partial charge is 0.159 e. The number of ether oxygens (including phenoxy) is 1. The Balaban J connectivity index is 2.83. The highest BCUT2D eigenvalue weighted by Gasteiger charge is 2.04. The molecule has 0 spiro atoms. The average molecular weight is 205 g/mol. The summed E-state index contributed by atoms with van der Waals surface area (Å²) < 4.78 is 5.40. The molecule has 0 amide bonds. The van der Waals surface area contributed by atoms with Crippen molar-refractivity contribution in [2.45, 2.75) is 13.8 Å². The summed E-state index contributed by atoms with van der Waals surface area (Å²) in [6.07, 6.45) is 0. The second-order valence-corrected chi connectivity index (χ2v) is 3.55. The summed E-state index contributed by atoms with van der Waals surface area (Å²) in [5.74, 6) is 0.580. The minimum Gasteiger partial charge on any atom is -0.487 e. The molecule has 3 heteroatoms. The first kappa shape index (κ1) is 11.3. The van der Waals surface area contributed by atoms with Crippen molar-refractivity contribution in [1.29, 1.82) is 0 Å². The molecule has 0 radical (unpaired) electrons. The van der Waals surface area contributed by atoms with E-state index in [1.165, 1.54) is 6.92 Å². The zero-order chi connectivity index (χ0) is 11.4. The van der Waals surface area contributed by atoms with Crippen molar-refractivity contribution in [2.75, 3.05) is 12.3 Å². The third-order valence-corrected chi connectivity index (χ3v) is 1.89. The maximum absolute atomic E-state index is 11.1. The van der Waals surface area contributed by atoms with Crippen LogP contribution in [0.1, 0.15) is 24.2 Å². The minimum absolute atomic E-state index is 0.00634. The minimum atomic E-state index is -0.00634. The van der Waals surface area contributed by atoms with E-state index in [4.69, 9.17) is 10.5 Å². The van der Waals surface area contributed by atoms with Crippen molar-refractivity contribution < 1.29 is 9.53 Å². The Hall–Kier alpha value is -1.77. The number of carbonyl (C=O) groups excluding carboxylic acids is 1. The fourth-order valence-electron chi connectivity index (χ4n) is 1.10. The van der Waals surface area contributed by atoms with Crippen molar-refractivity contribution in [3.63, 3.8) is 0 Å². The van der Waals surface area contributed by atoms with Gasteiger partial charge < -0.3 is 10.5 Å². The van der Waals surface area contributed by atoms with E-state index in [2.05, 4.69) is 6.58 Å². The average Bonchev–Trinajstić information content (AvgIpc) is 2.15. The number of benzene rings is 1. The third-order valence-electron chi connectivity index (χ3n) is 1.89. The highest BCUT2D eigenvalue weighted by atomic mass is 16.5. The number of ketones is 1. The lowest BCUT2D eigenvalue weighted by Gasteiger charge is -2.09. The topological polar surface area (TPSA) is 52.3 Å². The molecular weight excluding hydrogens is 190 g/mol. The van der Waals surface area contributed by atoms with Crippen LogP contribution in [0.4, 0.5) is 5.69 Å². The number of anilines is 1. The molecule has 1 aromatic rings. The summed E-state index contributed by atoms with van der Waals surface area (Å²) in [6.45, 7) is 7.54. The van der Waals surface area contributed by atoms with Gasteiger partial charge in [-0.2, -0.15) is 0 Å². The standard InChI is InChI=1S/C12H15NO2/c1-8(2)7-15-12-5-4-10(9(3)14)6-11(12)13/h4-6H,1,7,13H2,2-3H3. The monoisotopic (exact) mass is 205 g/mol. The fourth-order valence-corrected chi connectivity index (χ4v) is 1.10. The molecular formula is C12H15NO2. The predicted molar refractivity (Wildman–Crippen MR) is 61.2 cm³/mol. The molecule has 0 aliphatic carbocycles. The normalized spacial score (nSPS) is 9.73. The molecule has 0 saturated carbocycles. The summed E-state index contributed by atoms with van der Waals surface area (Å²) in [6, 6.07) is 5.03. The van der Waals surface area contributed by atoms with Crippen LogP contribution in [0.15, 0.2) is 30.4 Å². The number of carbonyl (C=O) groups is 1. The Morgan fingerprint density at radius 1 is 1.47 bits per heavy atom. The number of Topliss-reactive ketones (excluding diaryl/α,β-unsaturated/α-hetero) is 1. The lowest BCUT2D eigenvalue weighted by atomic mass is 10.1. The number of nitrogens with two attached hydrogens (primary N) is 1. The molecule has 3 nitrogen and oxygen atoms in total. The lowest BCUT2D eigenvalue weighted by molar-refractivity contribution is 0.101. The fraction of sp³-hybridized carbons (Fsp3) is 0.250. The van der Waals surface area contributed by atoms with E-state index in [9.17, 15) is 4.79 Å². The van der Waals surface area contributed by atoms with Gasteiger partial charge in [0.05, 0.1) is 5.69 Å². The summed E-state index contributed by atoms with van der Waals surface area (Å²) in [4.78, 5) is 11.1. The molecule has 0 unspecified atom stereocenters. The SMILES string of the molecule is C=C(C)COc1ccc(C(C)=O)cc1N. The molecule has 2 N–H and O–H groups in total. The Labute approximate surface area is 89.5 Å². The molecule has 0 aliphatic rings. The molecule has 0 saturated heterocycles. The molecule has 0 aromatic heterocycles. The van der Waals surface area contributed by atoms with E-state index in [1.807, 2.05) is 6.92 Å². The van der Waals surface area contributed by atoms with Crippen LogP contribution in [-0.4, -0.2) is 12.4 Å². The van der Waals surface area contributed by atoms with E-state index in [0.717, 1.165) is 5.57 Å². The van der Waals surface area contributed by atoms with Crippen molar-refractivity contribution in [2.24, 2.45) is 0 Å².